The molecule has 0 unspecified atom stereocenters. The van der Waals surface area contributed by atoms with Crippen LogP contribution in [0.25, 0.3) is 10.8 Å². The van der Waals surface area contributed by atoms with Crippen LogP contribution in [0.5, 0.6) is 0 Å². The van der Waals surface area contributed by atoms with Crippen LogP contribution in [0, 0.1) is 0 Å². The lowest BCUT2D eigenvalue weighted by molar-refractivity contribution is -0.144. The van der Waals surface area contributed by atoms with Crippen molar-refractivity contribution in [1.29, 1.82) is 0 Å². The Balaban J connectivity index is 1.82. The summed E-state index contributed by atoms with van der Waals surface area (Å²) in [5.74, 6) is -0.105. The van der Waals surface area contributed by atoms with Crippen LogP contribution in [-0.4, -0.2) is 45.9 Å². The van der Waals surface area contributed by atoms with Gasteiger partial charge in [-0.1, -0.05) is 18.2 Å². The molecule has 1 amide bonds. The van der Waals surface area contributed by atoms with Crippen molar-refractivity contribution in [1.82, 2.24) is 14.7 Å². The maximum absolute atomic E-state index is 12.4. The van der Waals surface area contributed by atoms with Gasteiger partial charge in [-0.15, -0.1) is 0 Å². The zero-order chi connectivity index (χ0) is 15.7. The van der Waals surface area contributed by atoms with E-state index in [1.807, 2.05) is 26.0 Å². The fraction of sp³-hybridized carbons (Fsp3) is 0.438. The fourth-order valence-corrected chi connectivity index (χ4v) is 2.85. The lowest BCUT2D eigenvalue weighted by atomic mass is 10.2. The molecule has 116 valence electrons. The molecule has 0 N–H and O–H groups in total. The van der Waals surface area contributed by atoms with Crippen LogP contribution >= 0.6 is 0 Å². The van der Waals surface area contributed by atoms with E-state index in [-0.39, 0.29) is 30.2 Å². The SMILES string of the molecule is C[C@H]1CN(C(=O)Cn2ncc3ccccc3c2=O)C[C@H](C)O1. The van der Waals surface area contributed by atoms with Crippen molar-refractivity contribution in [2.75, 3.05) is 13.1 Å². The molecule has 3 rings (SSSR count). The molecule has 0 saturated carbocycles. The number of hydrogen-bond donors (Lipinski definition) is 0. The number of rotatable bonds is 2. The minimum Gasteiger partial charge on any atom is -0.372 e. The van der Waals surface area contributed by atoms with E-state index in [0.29, 0.717) is 18.5 Å². The molecule has 0 spiro atoms. The monoisotopic (exact) mass is 301 g/mol. The second-order valence-electron chi connectivity index (χ2n) is 5.75. The average molecular weight is 301 g/mol. The van der Waals surface area contributed by atoms with Crippen LogP contribution in [0.4, 0.5) is 0 Å². The predicted octanol–water partition coefficient (Wildman–Crippen LogP) is 1.03. The number of fused-ring (bicyclic) bond motifs is 1. The number of morpholine rings is 1. The van der Waals surface area contributed by atoms with Crippen LogP contribution in [0.3, 0.4) is 0 Å². The largest absolute Gasteiger partial charge is 0.372 e. The smallest absolute Gasteiger partial charge is 0.275 e. The summed E-state index contributed by atoms with van der Waals surface area (Å²) in [5, 5.41) is 5.46. The highest BCUT2D eigenvalue weighted by molar-refractivity contribution is 5.81. The molecular formula is C16H19N3O3. The van der Waals surface area contributed by atoms with E-state index < -0.39 is 0 Å². The summed E-state index contributed by atoms with van der Waals surface area (Å²) in [6.07, 6.45) is 1.64. The van der Waals surface area contributed by atoms with Crippen molar-refractivity contribution in [3.8, 4) is 0 Å². The fourth-order valence-electron chi connectivity index (χ4n) is 2.85. The Labute approximate surface area is 128 Å². The van der Waals surface area contributed by atoms with Crippen molar-refractivity contribution >= 4 is 16.7 Å². The van der Waals surface area contributed by atoms with Gasteiger partial charge < -0.3 is 9.64 Å². The van der Waals surface area contributed by atoms with Gasteiger partial charge in [0.25, 0.3) is 5.56 Å². The molecular weight excluding hydrogens is 282 g/mol. The number of ether oxygens (including phenoxy) is 1. The first-order valence-corrected chi connectivity index (χ1v) is 7.42. The quantitative estimate of drug-likeness (QED) is 0.831. The van der Waals surface area contributed by atoms with Gasteiger partial charge in [0, 0.05) is 18.5 Å². The van der Waals surface area contributed by atoms with Gasteiger partial charge in [0.05, 0.1) is 23.8 Å². The lowest BCUT2D eigenvalue weighted by Crippen LogP contribution is -2.49. The third kappa shape index (κ3) is 2.87. The molecule has 6 nitrogen and oxygen atoms in total. The molecule has 2 heterocycles. The molecule has 1 aliphatic heterocycles. The molecule has 1 aromatic carbocycles. The Bertz CT molecular complexity index is 746. The summed E-state index contributed by atoms with van der Waals surface area (Å²) in [6, 6.07) is 7.25. The molecule has 0 aliphatic carbocycles. The number of hydrogen-bond acceptors (Lipinski definition) is 4. The van der Waals surface area contributed by atoms with E-state index in [9.17, 15) is 9.59 Å². The second kappa shape index (κ2) is 5.88. The van der Waals surface area contributed by atoms with Crippen LogP contribution in [-0.2, 0) is 16.1 Å². The standard InChI is InChI=1S/C16H19N3O3/c1-11-8-18(9-12(2)22-11)15(20)10-19-16(21)14-6-4-3-5-13(14)7-17-19/h3-7,11-12H,8-10H2,1-2H3/t11-,12-/m0/s1. The van der Waals surface area contributed by atoms with Gasteiger partial charge in [0.15, 0.2) is 0 Å². The Morgan fingerprint density at radius 3 is 2.68 bits per heavy atom. The Kier molecular flexibility index (Phi) is 3.94. The topological polar surface area (TPSA) is 64.4 Å². The van der Waals surface area contributed by atoms with Gasteiger partial charge in [-0.2, -0.15) is 5.10 Å². The van der Waals surface area contributed by atoms with Gasteiger partial charge >= 0.3 is 0 Å². The predicted molar refractivity (Wildman–Crippen MR) is 82.6 cm³/mol. The van der Waals surface area contributed by atoms with E-state index in [1.165, 1.54) is 4.68 Å². The maximum Gasteiger partial charge on any atom is 0.275 e. The number of carbonyl (C=O) groups excluding carboxylic acids is 1. The molecule has 2 aromatic rings. The maximum atomic E-state index is 12.4. The van der Waals surface area contributed by atoms with Crippen LogP contribution in [0.2, 0.25) is 0 Å². The highest BCUT2D eigenvalue weighted by atomic mass is 16.5. The molecule has 2 atom stereocenters. The Hall–Kier alpha value is -2.21. The minimum absolute atomic E-state index is 0.00832. The number of carbonyl (C=O) groups is 1. The number of nitrogens with zero attached hydrogens (tertiary/aromatic N) is 3. The first-order chi connectivity index (χ1) is 10.5. The zero-order valence-electron chi connectivity index (χ0n) is 12.7. The summed E-state index contributed by atoms with van der Waals surface area (Å²) < 4.78 is 6.85. The summed E-state index contributed by atoms with van der Waals surface area (Å²) >= 11 is 0. The molecule has 22 heavy (non-hydrogen) atoms. The van der Waals surface area contributed by atoms with Crippen molar-refractivity contribution in [3.63, 3.8) is 0 Å². The van der Waals surface area contributed by atoms with E-state index in [4.69, 9.17) is 4.74 Å². The van der Waals surface area contributed by atoms with Gasteiger partial charge in [0.2, 0.25) is 5.91 Å². The van der Waals surface area contributed by atoms with Gasteiger partial charge in [-0.25, -0.2) is 4.68 Å². The second-order valence-corrected chi connectivity index (χ2v) is 5.75. The summed E-state index contributed by atoms with van der Waals surface area (Å²) in [6.45, 7) is 4.94. The normalized spacial score (nSPS) is 22.0. The van der Waals surface area contributed by atoms with Crippen molar-refractivity contribution in [3.05, 3.63) is 40.8 Å². The van der Waals surface area contributed by atoms with E-state index >= 15 is 0 Å². The third-order valence-corrected chi connectivity index (χ3v) is 3.82. The summed E-state index contributed by atoms with van der Waals surface area (Å²) in [5.41, 5.74) is -0.235. The third-order valence-electron chi connectivity index (χ3n) is 3.82. The summed E-state index contributed by atoms with van der Waals surface area (Å²) in [4.78, 5) is 26.5. The highest BCUT2D eigenvalue weighted by Gasteiger charge is 2.26. The number of benzene rings is 1. The van der Waals surface area contributed by atoms with Crippen LogP contribution < -0.4 is 5.56 Å². The molecule has 1 aliphatic rings. The number of amides is 1. The number of aromatic nitrogens is 2. The lowest BCUT2D eigenvalue weighted by Gasteiger charge is -2.35. The van der Waals surface area contributed by atoms with Gasteiger partial charge in [-0.3, -0.25) is 9.59 Å². The molecule has 0 radical (unpaired) electrons. The molecule has 0 bridgehead atoms. The van der Waals surface area contributed by atoms with Gasteiger partial charge in [-0.05, 0) is 19.9 Å². The molecule has 1 saturated heterocycles. The average Bonchev–Trinajstić information content (AvgIpc) is 2.49. The Morgan fingerprint density at radius 1 is 1.27 bits per heavy atom. The van der Waals surface area contributed by atoms with Crippen molar-refractivity contribution in [2.45, 2.75) is 32.6 Å². The summed E-state index contributed by atoms with van der Waals surface area (Å²) in [7, 11) is 0. The molecule has 1 fully saturated rings. The molecule has 1 aromatic heterocycles. The zero-order valence-corrected chi connectivity index (χ0v) is 12.7. The first kappa shape index (κ1) is 14.7. The van der Waals surface area contributed by atoms with E-state index in [1.54, 1.807) is 23.2 Å². The minimum atomic E-state index is -0.235. The Morgan fingerprint density at radius 2 is 1.95 bits per heavy atom. The van der Waals surface area contributed by atoms with E-state index in [2.05, 4.69) is 5.10 Å². The first-order valence-electron chi connectivity index (χ1n) is 7.42. The van der Waals surface area contributed by atoms with Crippen molar-refractivity contribution < 1.29 is 9.53 Å². The van der Waals surface area contributed by atoms with Gasteiger partial charge in [0.1, 0.15) is 6.54 Å². The molecule has 6 heteroatoms. The van der Waals surface area contributed by atoms with E-state index in [0.717, 1.165) is 5.39 Å². The van der Waals surface area contributed by atoms with Crippen molar-refractivity contribution in [2.24, 2.45) is 0 Å². The van der Waals surface area contributed by atoms with Crippen LogP contribution in [0.15, 0.2) is 35.3 Å². The van der Waals surface area contributed by atoms with Crippen LogP contribution in [0.1, 0.15) is 13.8 Å². The highest BCUT2D eigenvalue weighted by Crippen LogP contribution is 2.11.